The number of anilines is 1. The number of Topliss-reactive ketones (excluding diaryl/α,β-unsaturated/α-hetero) is 1. The lowest BCUT2D eigenvalue weighted by molar-refractivity contribution is -0.116. The van der Waals surface area contributed by atoms with Gasteiger partial charge in [0, 0.05) is 17.7 Å². The number of fused-ring (bicyclic) bond motifs is 1. The molecule has 0 fully saturated rings. The van der Waals surface area contributed by atoms with Crippen molar-refractivity contribution in [2.24, 2.45) is 0 Å². The van der Waals surface area contributed by atoms with Gasteiger partial charge in [0.25, 0.3) is 0 Å². The molecule has 7 nitrogen and oxygen atoms in total. The average Bonchev–Trinajstić information content (AvgIpc) is 3.10. The third-order valence-corrected chi connectivity index (χ3v) is 5.37. The quantitative estimate of drug-likeness (QED) is 0.789. The van der Waals surface area contributed by atoms with E-state index in [1.165, 1.54) is 11.8 Å². The Hall–Kier alpha value is -2.48. The molecule has 1 aliphatic heterocycles. The Morgan fingerprint density at radius 3 is 2.93 bits per heavy atom. The summed E-state index contributed by atoms with van der Waals surface area (Å²) in [7, 11) is 1.62. The first-order chi connectivity index (χ1) is 13.2. The molecule has 1 unspecified atom stereocenters. The lowest BCUT2D eigenvalue weighted by Gasteiger charge is -2.32. The first kappa shape index (κ1) is 17.9. The lowest BCUT2D eigenvalue weighted by atomic mass is 9.85. The van der Waals surface area contributed by atoms with E-state index in [2.05, 4.69) is 15.4 Å². The highest BCUT2D eigenvalue weighted by molar-refractivity contribution is 7.98. The van der Waals surface area contributed by atoms with Crippen molar-refractivity contribution >= 4 is 23.5 Å². The molecule has 2 aromatic rings. The van der Waals surface area contributed by atoms with E-state index in [0.29, 0.717) is 35.6 Å². The molecule has 0 saturated heterocycles. The lowest BCUT2D eigenvalue weighted by Crippen LogP contribution is -2.31. The highest BCUT2D eigenvalue weighted by Gasteiger charge is 2.37. The van der Waals surface area contributed by atoms with Gasteiger partial charge in [-0.2, -0.15) is 4.98 Å². The van der Waals surface area contributed by atoms with Crippen LogP contribution in [0.5, 0.6) is 11.5 Å². The number of rotatable bonds is 5. The number of hydrogen-bond acceptors (Lipinski definition) is 7. The monoisotopic (exact) mass is 386 g/mol. The predicted molar refractivity (Wildman–Crippen MR) is 104 cm³/mol. The zero-order chi connectivity index (χ0) is 19.0. The minimum Gasteiger partial charge on any atom is -0.493 e. The molecule has 4 rings (SSSR count). The topological polar surface area (TPSA) is 78.3 Å². The summed E-state index contributed by atoms with van der Waals surface area (Å²) < 4.78 is 13.0. The van der Waals surface area contributed by atoms with E-state index in [4.69, 9.17) is 9.47 Å². The van der Waals surface area contributed by atoms with Crippen molar-refractivity contribution in [3.63, 3.8) is 0 Å². The van der Waals surface area contributed by atoms with Gasteiger partial charge in [0.15, 0.2) is 17.3 Å². The summed E-state index contributed by atoms with van der Waals surface area (Å²) in [4.78, 5) is 17.4. The zero-order valence-corrected chi connectivity index (χ0v) is 16.4. The first-order valence-corrected chi connectivity index (χ1v) is 10.2. The maximum atomic E-state index is 12.8. The highest BCUT2D eigenvalue weighted by atomic mass is 32.2. The molecule has 0 amide bonds. The Kier molecular flexibility index (Phi) is 4.82. The number of hydrogen-bond donors (Lipinski definition) is 1. The molecule has 0 radical (unpaired) electrons. The number of ketones is 1. The third-order valence-electron chi connectivity index (χ3n) is 4.83. The van der Waals surface area contributed by atoms with Crippen LogP contribution in [0, 0.1) is 0 Å². The molecule has 0 bridgehead atoms. The number of benzene rings is 1. The van der Waals surface area contributed by atoms with Crippen LogP contribution in [0.15, 0.2) is 34.6 Å². The van der Waals surface area contributed by atoms with Crippen molar-refractivity contribution in [2.75, 3.05) is 25.3 Å². The van der Waals surface area contributed by atoms with Crippen molar-refractivity contribution in [2.45, 2.75) is 37.4 Å². The Morgan fingerprint density at radius 1 is 1.33 bits per heavy atom. The number of allylic oxidation sites excluding steroid dienone is 2. The van der Waals surface area contributed by atoms with Crippen molar-refractivity contribution < 1.29 is 14.3 Å². The third kappa shape index (κ3) is 3.07. The summed E-state index contributed by atoms with van der Waals surface area (Å²) in [5.41, 5.74) is 2.66. The predicted octanol–water partition coefficient (Wildman–Crippen LogP) is 3.43. The zero-order valence-electron chi connectivity index (χ0n) is 15.6. The van der Waals surface area contributed by atoms with E-state index < -0.39 is 0 Å². The molecule has 0 spiro atoms. The molecule has 1 aromatic heterocycles. The fourth-order valence-corrected chi connectivity index (χ4v) is 4.01. The second kappa shape index (κ2) is 7.26. The van der Waals surface area contributed by atoms with E-state index in [1.807, 2.05) is 36.1 Å². The summed E-state index contributed by atoms with van der Waals surface area (Å²) in [6.07, 6.45) is 4.19. The minimum absolute atomic E-state index is 0.161. The van der Waals surface area contributed by atoms with Crippen LogP contribution < -0.4 is 14.8 Å². The summed E-state index contributed by atoms with van der Waals surface area (Å²) in [5.74, 6) is 2.16. The molecule has 1 aromatic carbocycles. The first-order valence-electron chi connectivity index (χ1n) is 9.00. The standard InChI is InChI=1S/C19H22N4O3S/c1-4-26-14-9-8-11(10-15(14)25-2)17-16-12(6-5-7-13(16)24)20-18-21-19(27-3)22-23(17)18/h8-10,17H,4-7H2,1-3H3,(H,20,21,22). The molecule has 1 aliphatic carbocycles. The molecular weight excluding hydrogens is 364 g/mol. The van der Waals surface area contributed by atoms with Gasteiger partial charge < -0.3 is 14.8 Å². The average molecular weight is 386 g/mol. The maximum absolute atomic E-state index is 12.8. The molecule has 0 saturated carbocycles. The fourth-order valence-electron chi connectivity index (χ4n) is 3.66. The van der Waals surface area contributed by atoms with Gasteiger partial charge in [0.1, 0.15) is 6.04 Å². The number of carbonyl (C=O) groups excluding carboxylic acids is 1. The normalized spacial score (nSPS) is 18.6. The summed E-state index contributed by atoms with van der Waals surface area (Å²) in [6, 6.07) is 5.47. The number of nitrogens with one attached hydrogen (secondary N) is 1. The van der Waals surface area contributed by atoms with Crippen molar-refractivity contribution in [1.29, 1.82) is 0 Å². The number of nitrogens with zero attached hydrogens (tertiary/aromatic N) is 3. The van der Waals surface area contributed by atoms with Gasteiger partial charge in [-0.05, 0) is 43.7 Å². The number of methoxy groups -OCH3 is 1. The Bertz CT molecular complexity index is 922. The Balaban J connectivity index is 1.87. The van der Waals surface area contributed by atoms with Crippen LogP contribution in [0.2, 0.25) is 0 Å². The molecule has 8 heteroatoms. The van der Waals surface area contributed by atoms with E-state index in [1.54, 1.807) is 7.11 Å². The van der Waals surface area contributed by atoms with E-state index in [-0.39, 0.29) is 11.8 Å². The Labute approximate surface area is 162 Å². The SMILES string of the molecule is CCOc1ccc(C2C3=C(CCCC3=O)Nc3nc(SC)nn32)cc1OC. The molecule has 27 heavy (non-hydrogen) atoms. The van der Waals surface area contributed by atoms with Gasteiger partial charge in [0.2, 0.25) is 11.1 Å². The minimum atomic E-state index is -0.318. The molecule has 2 heterocycles. The second-order valence-corrected chi connectivity index (χ2v) is 7.18. The summed E-state index contributed by atoms with van der Waals surface area (Å²) in [5, 5.41) is 8.61. The second-order valence-electron chi connectivity index (χ2n) is 6.41. The highest BCUT2D eigenvalue weighted by Crippen LogP contribution is 2.42. The summed E-state index contributed by atoms with van der Waals surface area (Å²) >= 11 is 1.48. The molecule has 2 aliphatic rings. The van der Waals surface area contributed by atoms with Gasteiger partial charge in [-0.1, -0.05) is 17.8 Å². The molecule has 1 N–H and O–H groups in total. The van der Waals surface area contributed by atoms with Crippen molar-refractivity contribution in [1.82, 2.24) is 14.8 Å². The van der Waals surface area contributed by atoms with Crippen LogP contribution in [-0.2, 0) is 4.79 Å². The van der Waals surface area contributed by atoms with Crippen LogP contribution >= 0.6 is 11.8 Å². The molecule has 1 atom stereocenters. The van der Waals surface area contributed by atoms with E-state index in [9.17, 15) is 4.79 Å². The number of thioether (sulfide) groups is 1. The van der Waals surface area contributed by atoms with E-state index in [0.717, 1.165) is 29.7 Å². The van der Waals surface area contributed by atoms with Crippen LogP contribution in [0.1, 0.15) is 37.8 Å². The van der Waals surface area contributed by atoms with Crippen molar-refractivity contribution in [3.8, 4) is 11.5 Å². The van der Waals surface area contributed by atoms with Crippen molar-refractivity contribution in [3.05, 3.63) is 35.0 Å². The molecule has 142 valence electrons. The van der Waals surface area contributed by atoms with Gasteiger partial charge in [0.05, 0.1) is 13.7 Å². The van der Waals surface area contributed by atoms with E-state index >= 15 is 0 Å². The smallest absolute Gasteiger partial charge is 0.227 e. The van der Waals surface area contributed by atoms with Crippen LogP contribution in [0.3, 0.4) is 0 Å². The summed E-state index contributed by atoms with van der Waals surface area (Å²) in [6.45, 7) is 2.49. The number of aromatic nitrogens is 3. The fraction of sp³-hybridized carbons (Fsp3) is 0.421. The van der Waals surface area contributed by atoms with Crippen LogP contribution in [0.25, 0.3) is 0 Å². The van der Waals surface area contributed by atoms with Gasteiger partial charge in [-0.15, -0.1) is 5.10 Å². The maximum Gasteiger partial charge on any atom is 0.227 e. The van der Waals surface area contributed by atoms with Gasteiger partial charge in [-0.3, -0.25) is 4.79 Å². The largest absolute Gasteiger partial charge is 0.493 e. The van der Waals surface area contributed by atoms with Crippen LogP contribution in [-0.4, -0.2) is 40.5 Å². The van der Waals surface area contributed by atoms with Gasteiger partial charge in [-0.25, -0.2) is 4.68 Å². The number of ether oxygens (including phenoxy) is 2. The van der Waals surface area contributed by atoms with Crippen LogP contribution in [0.4, 0.5) is 5.95 Å². The van der Waals surface area contributed by atoms with Gasteiger partial charge >= 0.3 is 0 Å². The Morgan fingerprint density at radius 2 is 2.19 bits per heavy atom. The number of carbonyl (C=O) groups is 1. The molecular formula is C19H22N4O3S.